The van der Waals surface area contributed by atoms with Gasteiger partial charge in [0.25, 0.3) is 0 Å². The van der Waals surface area contributed by atoms with Gasteiger partial charge in [0, 0.05) is 11.6 Å². The number of fused-ring (bicyclic) bond motifs is 1. The molecule has 0 amide bonds. The van der Waals surface area contributed by atoms with Crippen molar-refractivity contribution in [2.24, 2.45) is 0 Å². The number of para-hydroxylation sites is 1. The Hall–Kier alpha value is -4.10. The molecule has 2 aromatic heterocycles. The smallest absolute Gasteiger partial charge is 0.159 e. The molecule has 4 nitrogen and oxygen atoms in total. The van der Waals surface area contributed by atoms with Crippen LogP contribution in [0.4, 0.5) is 0 Å². The van der Waals surface area contributed by atoms with Crippen LogP contribution >= 0.6 is 0 Å². The number of benzene rings is 3. The normalized spacial score (nSPS) is 11.0. The molecule has 0 atom stereocenters. The summed E-state index contributed by atoms with van der Waals surface area (Å²) in [6.07, 6.45) is 3.52. The van der Waals surface area contributed by atoms with Gasteiger partial charge in [-0.2, -0.15) is 5.26 Å². The summed E-state index contributed by atoms with van der Waals surface area (Å²) in [5.74, 6) is 0.704. The van der Waals surface area contributed by atoms with Crippen molar-refractivity contribution in [3.8, 4) is 34.3 Å². The molecule has 2 heterocycles. The SMILES string of the molecule is Cc1cc(-c2ccccc2)cc(C)c1-n1cc(C#N)nc1-c1coc2ccccc12. The summed E-state index contributed by atoms with van der Waals surface area (Å²) in [6, 6.07) is 24.8. The topological polar surface area (TPSA) is 54.8 Å². The van der Waals surface area contributed by atoms with Crippen LogP contribution in [0.2, 0.25) is 0 Å². The molecule has 3 aromatic carbocycles. The van der Waals surface area contributed by atoms with Crippen molar-refractivity contribution >= 4 is 11.0 Å². The number of aromatic nitrogens is 2. The first kappa shape index (κ1) is 18.0. The van der Waals surface area contributed by atoms with E-state index in [0.717, 1.165) is 33.3 Å². The maximum atomic E-state index is 9.52. The van der Waals surface area contributed by atoms with Crippen LogP contribution in [-0.2, 0) is 0 Å². The van der Waals surface area contributed by atoms with Gasteiger partial charge in [-0.25, -0.2) is 4.98 Å². The van der Waals surface area contributed by atoms with Crippen LogP contribution in [-0.4, -0.2) is 9.55 Å². The third-order valence-corrected chi connectivity index (χ3v) is 5.38. The minimum absolute atomic E-state index is 0.376. The predicted molar refractivity (Wildman–Crippen MR) is 118 cm³/mol. The lowest BCUT2D eigenvalue weighted by Crippen LogP contribution is -2.02. The van der Waals surface area contributed by atoms with Gasteiger partial charge in [0.15, 0.2) is 5.69 Å². The maximum Gasteiger partial charge on any atom is 0.159 e. The number of nitrogens with zero attached hydrogens (tertiary/aromatic N) is 3. The molecule has 144 valence electrons. The molecule has 30 heavy (non-hydrogen) atoms. The minimum atomic E-state index is 0.376. The van der Waals surface area contributed by atoms with E-state index in [1.165, 1.54) is 11.1 Å². The molecule has 0 bridgehead atoms. The minimum Gasteiger partial charge on any atom is -0.464 e. The Labute approximate surface area is 174 Å². The second-order valence-corrected chi connectivity index (χ2v) is 7.40. The first-order valence-corrected chi connectivity index (χ1v) is 9.79. The fourth-order valence-corrected chi connectivity index (χ4v) is 4.08. The third-order valence-electron chi connectivity index (χ3n) is 5.38. The van der Waals surface area contributed by atoms with E-state index in [1.54, 1.807) is 12.5 Å². The highest BCUT2D eigenvalue weighted by Gasteiger charge is 2.19. The quantitative estimate of drug-likeness (QED) is 0.357. The summed E-state index contributed by atoms with van der Waals surface area (Å²) in [5.41, 5.74) is 7.66. The number of hydrogen-bond acceptors (Lipinski definition) is 3. The Morgan fingerprint density at radius 3 is 2.33 bits per heavy atom. The lowest BCUT2D eigenvalue weighted by Gasteiger charge is -2.16. The molecule has 0 aliphatic heterocycles. The van der Waals surface area contributed by atoms with Crippen LogP contribution in [0, 0.1) is 25.2 Å². The van der Waals surface area contributed by atoms with E-state index in [1.807, 2.05) is 47.0 Å². The summed E-state index contributed by atoms with van der Waals surface area (Å²) < 4.78 is 7.75. The van der Waals surface area contributed by atoms with Crippen molar-refractivity contribution in [3.63, 3.8) is 0 Å². The summed E-state index contributed by atoms with van der Waals surface area (Å²) in [7, 11) is 0. The highest BCUT2D eigenvalue weighted by atomic mass is 16.3. The first-order chi connectivity index (χ1) is 14.7. The highest BCUT2D eigenvalue weighted by molar-refractivity contribution is 5.92. The Balaban J connectivity index is 1.72. The fraction of sp³-hybridized carbons (Fsp3) is 0.0769. The summed E-state index contributed by atoms with van der Waals surface area (Å²) in [4.78, 5) is 4.60. The molecule has 0 fully saturated rings. The molecule has 0 saturated carbocycles. The van der Waals surface area contributed by atoms with Crippen LogP contribution in [0.25, 0.3) is 39.2 Å². The molecule has 0 radical (unpaired) electrons. The largest absolute Gasteiger partial charge is 0.464 e. The van der Waals surface area contributed by atoms with Gasteiger partial charge in [0.05, 0.1) is 11.3 Å². The first-order valence-electron chi connectivity index (χ1n) is 9.79. The van der Waals surface area contributed by atoms with Gasteiger partial charge >= 0.3 is 0 Å². The fourth-order valence-electron chi connectivity index (χ4n) is 4.08. The zero-order chi connectivity index (χ0) is 20.7. The molecule has 4 heteroatoms. The van der Waals surface area contributed by atoms with Gasteiger partial charge in [-0.05, 0) is 54.3 Å². The molecule has 0 aliphatic rings. The Morgan fingerprint density at radius 1 is 0.900 bits per heavy atom. The standard InChI is InChI=1S/C26H19N3O/c1-17-12-20(19-8-4-3-5-9-19)13-18(2)25(17)29-15-21(14-27)28-26(29)23-16-30-24-11-7-6-10-22(23)24/h3-13,15-16H,1-2H3. The van der Waals surface area contributed by atoms with Crippen molar-refractivity contribution in [3.05, 3.63) is 96.0 Å². The molecular weight excluding hydrogens is 370 g/mol. The Morgan fingerprint density at radius 2 is 1.60 bits per heavy atom. The van der Waals surface area contributed by atoms with Gasteiger partial charge in [0.1, 0.15) is 23.7 Å². The van der Waals surface area contributed by atoms with Gasteiger partial charge in [-0.3, -0.25) is 4.57 Å². The number of nitriles is 1. The van der Waals surface area contributed by atoms with E-state index < -0.39 is 0 Å². The monoisotopic (exact) mass is 389 g/mol. The highest BCUT2D eigenvalue weighted by Crippen LogP contribution is 2.34. The molecule has 0 aliphatic carbocycles. The number of rotatable bonds is 3. The van der Waals surface area contributed by atoms with Crippen LogP contribution < -0.4 is 0 Å². The van der Waals surface area contributed by atoms with Gasteiger partial charge in [-0.15, -0.1) is 0 Å². The zero-order valence-electron chi connectivity index (χ0n) is 16.8. The summed E-state index contributed by atoms with van der Waals surface area (Å²) >= 11 is 0. The molecule has 0 spiro atoms. The maximum absolute atomic E-state index is 9.52. The summed E-state index contributed by atoms with van der Waals surface area (Å²) in [6.45, 7) is 4.19. The number of aryl methyl sites for hydroxylation is 2. The van der Waals surface area contributed by atoms with Crippen molar-refractivity contribution in [1.29, 1.82) is 5.26 Å². The molecule has 0 saturated heterocycles. The van der Waals surface area contributed by atoms with Crippen molar-refractivity contribution in [2.45, 2.75) is 13.8 Å². The van der Waals surface area contributed by atoms with Gasteiger partial charge in [-0.1, -0.05) is 48.5 Å². The van der Waals surface area contributed by atoms with Crippen LogP contribution in [0.3, 0.4) is 0 Å². The van der Waals surface area contributed by atoms with Crippen molar-refractivity contribution in [2.75, 3.05) is 0 Å². The lowest BCUT2D eigenvalue weighted by molar-refractivity contribution is 0.616. The summed E-state index contributed by atoms with van der Waals surface area (Å²) in [5, 5.41) is 10.5. The van der Waals surface area contributed by atoms with Crippen LogP contribution in [0.5, 0.6) is 0 Å². The van der Waals surface area contributed by atoms with Gasteiger partial charge in [0.2, 0.25) is 0 Å². The van der Waals surface area contributed by atoms with E-state index in [4.69, 9.17) is 4.42 Å². The van der Waals surface area contributed by atoms with Crippen LogP contribution in [0.1, 0.15) is 16.8 Å². The second-order valence-electron chi connectivity index (χ2n) is 7.40. The van der Waals surface area contributed by atoms with Crippen LogP contribution in [0.15, 0.2) is 83.6 Å². The molecule has 5 aromatic rings. The van der Waals surface area contributed by atoms with Crippen molar-refractivity contribution < 1.29 is 4.42 Å². The van der Waals surface area contributed by atoms with E-state index in [0.29, 0.717) is 11.5 Å². The van der Waals surface area contributed by atoms with E-state index >= 15 is 0 Å². The zero-order valence-corrected chi connectivity index (χ0v) is 16.8. The predicted octanol–water partition coefficient (Wildman–Crippen LogP) is 6.44. The molecular formula is C26H19N3O. The van der Waals surface area contributed by atoms with E-state index in [2.05, 4.69) is 49.2 Å². The lowest BCUT2D eigenvalue weighted by atomic mass is 9.98. The average molecular weight is 389 g/mol. The Kier molecular flexibility index (Phi) is 4.22. The van der Waals surface area contributed by atoms with E-state index in [-0.39, 0.29) is 0 Å². The van der Waals surface area contributed by atoms with E-state index in [9.17, 15) is 5.26 Å². The molecule has 0 unspecified atom stereocenters. The number of furan rings is 1. The Bertz CT molecular complexity index is 1390. The number of hydrogen-bond donors (Lipinski definition) is 0. The third kappa shape index (κ3) is 2.89. The molecule has 0 N–H and O–H groups in total. The van der Waals surface area contributed by atoms with Gasteiger partial charge < -0.3 is 4.42 Å². The molecule has 5 rings (SSSR count). The van der Waals surface area contributed by atoms with Crippen molar-refractivity contribution in [1.82, 2.24) is 9.55 Å². The number of imidazole rings is 1. The second kappa shape index (κ2) is 7.06. The average Bonchev–Trinajstić information content (AvgIpc) is 3.38.